The summed E-state index contributed by atoms with van der Waals surface area (Å²) in [5.41, 5.74) is 4.27. The molecule has 4 nitrogen and oxygen atoms in total. The summed E-state index contributed by atoms with van der Waals surface area (Å²) in [6, 6.07) is 21.6. The van der Waals surface area contributed by atoms with Gasteiger partial charge in [0.1, 0.15) is 0 Å². The minimum atomic E-state index is 0.107. The summed E-state index contributed by atoms with van der Waals surface area (Å²) in [5.74, 6) is 0.996. The molecule has 0 bridgehead atoms. The fraction of sp³-hybridized carbons (Fsp3) is 0.400. The Labute approximate surface area is 174 Å². The van der Waals surface area contributed by atoms with Crippen LogP contribution < -0.4 is 5.32 Å². The quantitative estimate of drug-likeness (QED) is 0.632. The Kier molecular flexibility index (Phi) is 6.30. The molecule has 0 atom stereocenters. The number of benzene rings is 2. The van der Waals surface area contributed by atoms with Gasteiger partial charge < -0.3 is 15.0 Å². The van der Waals surface area contributed by atoms with Crippen LogP contribution in [-0.2, 0) is 10.2 Å². The number of hydrogen-bond acceptors (Lipinski definition) is 2. The summed E-state index contributed by atoms with van der Waals surface area (Å²) in [6.07, 6.45) is 5.47. The number of aliphatic imine (C=N–C) groups is 1. The lowest BCUT2D eigenvalue weighted by molar-refractivity contribution is 0.0512. The van der Waals surface area contributed by atoms with E-state index in [0.717, 1.165) is 58.1 Å². The fourth-order valence-electron chi connectivity index (χ4n) is 4.48. The van der Waals surface area contributed by atoms with E-state index in [2.05, 4.69) is 81.9 Å². The third kappa shape index (κ3) is 4.54. The van der Waals surface area contributed by atoms with E-state index in [1.54, 1.807) is 0 Å². The number of rotatable bonds is 4. The normalized spacial score (nSPS) is 19.6. The molecular weight excluding hydrogens is 358 g/mol. The molecule has 2 aromatic rings. The largest absolute Gasteiger partial charge is 0.381 e. The van der Waals surface area contributed by atoms with Crippen LogP contribution in [0.3, 0.4) is 0 Å². The van der Waals surface area contributed by atoms with Crippen LogP contribution in [-0.4, -0.2) is 50.8 Å². The topological polar surface area (TPSA) is 36.9 Å². The summed E-state index contributed by atoms with van der Waals surface area (Å²) in [7, 11) is 1.89. The van der Waals surface area contributed by atoms with Crippen molar-refractivity contribution in [2.24, 2.45) is 4.99 Å². The van der Waals surface area contributed by atoms with E-state index in [-0.39, 0.29) is 5.41 Å². The first-order valence-electron chi connectivity index (χ1n) is 10.6. The molecule has 0 aliphatic carbocycles. The molecule has 0 saturated carbocycles. The van der Waals surface area contributed by atoms with Gasteiger partial charge in [0.15, 0.2) is 5.96 Å². The molecule has 0 amide bonds. The van der Waals surface area contributed by atoms with Gasteiger partial charge in [0.25, 0.3) is 0 Å². The van der Waals surface area contributed by atoms with Crippen molar-refractivity contribution in [1.82, 2.24) is 10.2 Å². The summed E-state index contributed by atoms with van der Waals surface area (Å²) in [6.45, 7) is 4.41. The number of nitrogens with one attached hydrogen (secondary N) is 1. The Morgan fingerprint density at radius 3 is 2.34 bits per heavy atom. The predicted octanol–water partition coefficient (Wildman–Crippen LogP) is 4.10. The molecule has 2 aromatic carbocycles. The van der Waals surface area contributed by atoms with Gasteiger partial charge in [-0.3, -0.25) is 4.99 Å². The highest BCUT2D eigenvalue weighted by molar-refractivity contribution is 5.81. The fourth-order valence-corrected chi connectivity index (χ4v) is 4.48. The molecule has 29 heavy (non-hydrogen) atoms. The van der Waals surface area contributed by atoms with Gasteiger partial charge in [0.2, 0.25) is 0 Å². The summed E-state index contributed by atoms with van der Waals surface area (Å²) in [4.78, 5) is 6.94. The molecule has 1 N–H and O–H groups in total. The zero-order valence-corrected chi connectivity index (χ0v) is 17.3. The van der Waals surface area contributed by atoms with Crippen LogP contribution in [0.4, 0.5) is 0 Å². The lowest BCUT2D eigenvalue weighted by Gasteiger charge is -2.39. The third-order valence-electron chi connectivity index (χ3n) is 6.29. The number of hydrogen-bond donors (Lipinski definition) is 1. The highest BCUT2D eigenvalue weighted by atomic mass is 16.5. The number of guanidine groups is 1. The number of nitrogens with zero attached hydrogens (tertiary/aromatic N) is 2. The monoisotopic (exact) mass is 389 g/mol. The lowest BCUT2D eigenvalue weighted by Crippen LogP contribution is -2.50. The van der Waals surface area contributed by atoms with Gasteiger partial charge in [-0.2, -0.15) is 0 Å². The van der Waals surface area contributed by atoms with E-state index in [4.69, 9.17) is 4.74 Å². The van der Waals surface area contributed by atoms with Crippen molar-refractivity contribution in [3.05, 3.63) is 77.9 Å². The van der Waals surface area contributed by atoms with Gasteiger partial charge in [-0.15, -0.1) is 0 Å². The van der Waals surface area contributed by atoms with E-state index >= 15 is 0 Å². The molecule has 2 aliphatic heterocycles. The van der Waals surface area contributed by atoms with Crippen molar-refractivity contribution in [3.8, 4) is 0 Å². The second-order valence-corrected chi connectivity index (χ2v) is 7.95. The number of ether oxygens (including phenoxy) is 1. The molecule has 0 radical (unpaired) electrons. The Balaban J connectivity index is 1.43. The second kappa shape index (κ2) is 9.27. The van der Waals surface area contributed by atoms with Gasteiger partial charge in [-0.25, -0.2) is 0 Å². The van der Waals surface area contributed by atoms with Gasteiger partial charge in [0, 0.05) is 45.3 Å². The first-order chi connectivity index (χ1) is 14.3. The van der Waals surface area contributed by atoms with Crippen molar-refractivity contribution >= 4 is 11.5 Å². The Bertz CT molecular complexity index is 839. The minimum Gasteiger partial charge on any atom is -0.381 e. The van der Waals surface area contributed by atoms with E-state index < -0.39 is 0 Å². The Morgan fingerprint density at radius 1 is 1.03 bits per heavy atom. The van der Waals surface area contributed by atoms with Crippen molar-refractivity contribution in [3.63, 3.8) is 0 Å². The molecule has 1 fully saturated rings. The van der Waals surface area contributed by atoms with E-state index in [1.165, 1.54) is 16.7 Å². The minimum absolute atomic E-state index is 0.107. The zero-order chi connectivity index (χ0) is 19.9. The molecule has 2 heterocycles. The van der Waals surface area contributed by atoms with Crippen molar-refractivity contribution < 1.29 is 4.74 Å². The summed E-state index contributed by atoms with van der Waals surface area (Å²) in [5, 5.41) is 3.69. The lowest BCUT2D eigenvalue weighted by atomic mass is 9.74. The van der Waals surface area contributed by atoms with Crippen LogP contribution in [0, 0.1) is 0 Å². The standard InChI is InChI=1S/C25H31N3O/c1-26-24(28-16-12-22(13-17-28)21-8-4-2-5-9-21)27-20-25(14-18-29-19-15-25)23-10-6-3-7-11-23/h2-12H,13-20H2,1H3,(H,26,27). The second-order valence-electron chi connectivity index (χ2n) is 7.95. The molecular formula is C25H31N3O. The maximum Gasteiger partial charge on any atom is 0.193 e. The van der Waals surface area contributed by atoms with Gasteiger partial charge in [-0.05, 0) is 36.0 Å². The summed E-state index contributed by atoms with van der Waals surface area (Å²) < 4.78 is 5.67. The maximum absolute atomic E-state index is 5.67. The van der Waals surface area contributed by atoms with E-state index in [1.807, 2.05) is 7.05 Å². The Hall–Kier alpha value is -2.59. The van der Waals surface area contributed by atoms with Gasteiger partial charge in [-0.1, -0.05) is 66.7 Å². The third-order valence-corrected chi connectivity index (χ3v) is 6.29. The molecule has 152 valence electrons. The average molecular weight is 390 g/mol. The molecule has 2 aliphatic rings. The van der Waals surface area contributed by atoms with E-state index in [0.29, 0.717) is 0 Å². The molecule has 4 rings (SSSR count). The van der Waals surface area contributed by atoms with Crippen molar-refractivity contribution in [2.75, 3.05) is 39.9 Å². The predicted molar refractivity (Wildman–Crippen MR) is 120 cm³/mol. The zero-order valence-electron chi connectivity index (χ0n) is 17.3. The van der Waals surface area contributed by atoms with Crippen molar-refractivity contribution in [1.29, 1.82) is 0 Å². The van der Waals surface area contributed by atoms with Crippen LogP contribution >= 0.6 is 0 Å². The van der Waals surface area contributed by atoms with Crippen LogP contribution in [0.25, 0.3) is 5.57 Å². The highest BCUT2D eigenvalue weighted by Crippen LogP contribution is 2.34. The first-order valence-corrected chi connectivity index (χ1v) is 10.6. The molecule has 0 spiro atoms. The molecule has 4 heteroatoms. The maximum atomic E-state index is 5.67. The van der Waals surface area contributed by atoms with Gasteiger partial charge in [0.05, 0.1) is 0 Å². The van der Waals surface area contributed by atoms with Gasteiger partial charge >= 0.3 is 0 Å². The van der Waals surface area contributed by atoms with Crippen molar-refractivity contribution in [2.45, 2.75) is 24.7 Å². The van der Waals surface area contributed by atoms with Crippen LogP contribution in [0.15, 0.2) is 71.7 Å². The molecule has 1 saturated heterocycles. The smallest absolute Gasteiger partial charge is 0.193 e. The van der Waals surface area contributed by atoms with E-state index in [9.17, 15) is 0 Å². The molecule has 0 unspecified atom stereocenters. The SMILES string of the molecule is CN=C(NCC1(c2ccccc2)CCOCC1)N1CC=C(c2ccccc2)CC1. The Morgan fingerprint density at radius 2 is 1.72 bits per heavy atom. The van der Waals surface area contributed by atoms with Crippen LogP contribution in [0.1, 0.15) is 30.4 Å². The highest BCUT2D eigenvalue weighted by Gasteiger charge is 2.34. The van der Waals surface area contributed by atoms with Crippen LogP contribution in [0.5, 0.6) is 0 Å². The summed E-state index contributed by atoms with van der Waals surface area (Å²) >= 11 is 0. The molecule has 0 aromatic heterocycles. The first kappa shape index (κ1) is 19.7. The van der Waals surface area contributed by atoms with Crippen LogP contribution in [0.2, 0.25) is 0 Å². The average Bonchev–Trinajstić information content (AvgIpc) is 2.82.